The van der Waals surface area contributed by atoms with Crippen LogP contribution >= 0.6 is 11.3 Å². The molecule has 1 aliphatic heterocycles. The lowest BCUT2D eigenvalue weighted by atomic mass is 10.2. The molecule has 0 spiro atoms. The third kappa shape index (κ3) is 2.56. The van der Waals surface area contributed by atoms with Gasteiger partial charge >= 0.3 is 0 Å². The van der Waals surface area contributed by atoms with Gasteiger partial charge in [-0.15, -0.1) is 11.3 Å². The van der Waals surface area contributed by atoms with Gasteiger partial charge in [0.25, 0.3) is 0 Å². The van der Waals surface area contributed by atoms with Gasteiger partial charge in [-0.2, -0.15) is 0 Å². The number of likely N-dealkylation sites (tertiary alicyclic amines) is 1. The van der Waals surface area contributed by atoms with Crippen LogP contribution in [-0.2, 0) is 13.1 Å². The summed E-state index contributed by atoms with van der Waals surface area (Å²) >= 11 is 1.68. The van der Waals surface area contributed by atoms with E-state index >= 15 is 0 Å². The number of rotatable bonds is 4. The van der Waals surface area contributed by atoms with Crippen LogP contribution in [0.1, 0.15) is 36.9 Å². The largest absolute Gasteiger partial charge is 0.325 e. The van der Waals surface area contributed by atoms with Gasteiger partial charge < -0.3 is 5.73 Å². The van der Waals surface area contributed by atoms with Crippen molar-refractivity contribution in [1.82, 2.24) is 9.88 Å². The van der Waals surface area contributed by atoms with E-state index in [9.17, 15) is 0 Å². The minimum Gasteiger partial charge on any atom is -0.325 e. The molecule has 0 amide bonds. The molecule has 1 aromatic rings. The normalized spacial score (nSPS) is 22.4. The average molecular weight is 225 g/mol. The Morgan fingerprint density at radius 2 is 2.53 bits per heavy atom. The highest BCUT2D eigenvalue weighted by Crippen LogP contribution is 2.22. The molecule has 0 saturated carbocycles. The molecule has 1 unspecified atom stereocenters. The first kappa shape index (κ1) is 11.0. The lowest BCUT2D eigenvalue weighted by Gasteiger charge is -2.21. The standard InChI is InChI=1S/C11H19N3S/c1-2-10-4-3-5-14(10)7-9-8-15-11(6-12)13-9/h8,10H,2-7,12H2,1H3. The molecule has 2 N–H and O–H groups in total. The lowest BCUT2D eigenvalue weighted by Crippen LogP contribution is -2.28. The lowest BCUT2D eigenvalue weighted by molar-refractivity contribution is 0.237. The number of nitrogens with zero attached hydrogens (tertiary/aromatic N) is 2. The minimum absolute atomic E-state index is 0.571. The van der Waals surface area contributed by atoms with Gasteiger partial charge in [0, 0.05) is 24.5 Å². The summed E-state index contributed by atoms with van der Waals surface area (Å²) in [4.78, 5) is 7.06. The van der Waals surface area contributed by atoms with E-state index in [0.717, 1.165) is 17.6 Å². The summed E-state index contributed by atoms with van der Waals surface area (Å²) in [5, 5.41) is 3.20. The van der Waals surface area contributed by atoms with E-state index in [2.05, 4.69) is 22.2 Å². The van der Waals surface area contributed by atoms with Gasteiger partial charge in [0.2, 0.25) is 0 Å². The van der Waals surface area contributed by atoms with Gasteiger partial charge in [-0.1, -0.05) is 6.92 Å². The summed E-state index contributed by atoms with van der Waals surface area (Å²) in [6, 6.07) is 0.771. The van der Waals surface area contributed by atoms with Crippen molar-refractivity contribution in [3.8, 4) is 0 Å². The molecule has 1 aromatic heterocycles. The van der Waals surface area contributed by atoms with Crippen molar-refractivity contribution in [2.24, 2.45) is 5.73 Å². The molecule has 0 radical (unpaired) electrons. The second-order valence-corrected chi connectivity index (χ2v) is 5.05. The molecule has 1 aliphatic rings. The van der Waals surface area contributed by atoms with Crippen LogP contribution in [-0.4, -0.2) is 22.5 Å². The topological polar surface area (TPSA) is 42.1 Å². The van der Waals surface area contributed by atoms with Crippen LogP contribution in [0.3, 0.4) is 0 Å². The molecular weight excluding hydrogens is 206 g/mol. The highest BCUT2D eigenvalue weighted by atomic mass is 32.1. The second-order valence-electron chi connectivity index (χ2n) is 4.11. The highest BCUT2D eigenvalue weighted by molar-refractivity contribution is 7.09. The molecule has 84 valence electrons. The van der Waals surface area contributed by atoms with Crippen molar-refractivity contribution in [2.45, 2.75) is 45.3 Å². The Labute approximate surface area is 95.3 Å². The molecule has 0 bridgehead atoms. The Morgan fingerprint density at radius 3 is 3.20 bits per heavy atom. The first-order valence-corrected chi connectivity index (χ1v) is 6.58. The van der Waals surface area contributed by atoms with Gasteiger partial charge in [-0.05, 0) is 25.8 Å². The van der Waals surface area contributed by atoms with Gasteiger partial charge in [0.15, 0.2) is 0 Å². The number of hydrogen-bond donors (Lipinski definition) is 1. The van der Waals surface area contributed by atoms with Gasteiger partial charge in [0.05, 0.1) is 5.69 Å². The molecule has 1 atom stereocenters. The fourth-order valence-electron chi connectivity index (χ4n) is 2.29. The van der Waals surface area contributed by atoms with Crippen molar-refractivity contribution < 1.29 is 0 Å². The van der Waals surface area contributed by atoms with Crippen LogP contribution in [0.5, 0.6) is 0 Å². The van der Waals surface area contributed by atoms with Crippen LogP contribution in [0.25, 0.3) is 0 Å². The second kappa shape index (κ2) is 5.05. The first-order valence-electron chi connectivity index (χ1n) is 5.71. The van der Waals surface area contributed by atoms with Crippen molar-refractivity contribution in [1.29, 1.82) is 0 Å². The molecule has 15 heavy (non-hydrogen) atoms. The summed E-state index contributed by atoms with van der Waals surface area (Å²) in [6.07, 6.45) is 3.95. The van der Waals surface area contributed by atoms with Crippen LogP contribution in [0, 0.1) is 0 Å². The monoisotopic (exact) mass is 225 g/mol. The molecule has 0 aromatic carbocycles. The van der Waals surface area contributed by atoms with E-state index in [1.165, 1.54) is 31.5 Å². The van der Waals surface area contributed by atoms with E-state index < -0.39 is 0 Å². The van der Waals surface area contributed by atoms with Crippen molar-refractivity contribution in [3.05, 3.63) is 16.1 Å². The molecule has 2 heterocycles. The van der Waals surface area contributed by atoms with Crippen molar-refractivity contribution >= 4 is 11.3 Å². The van der Waals surface area contributed by atoms with E-state index in [1.54, 1.807) is 11.3 Å². The molecule has 0 aliphatic carbocycles. The Balaban J connectivity index is 1.95. The van der Waals surface area contributed by atoms with Crippen LogP contribution in [0.4, 0.5) is 0 Å². The first-order chi connectivity index (χ1) is 7.33. The molecule has 3 nitrogen and oxygen atoms in total. The quantitative estimate of drug-likeness (QED) is 0.852. The molecule has 1 saturated heterocycles. The molecule has 1 fully saturated rings. The van der Waals surface area contributed by atoms with Gasteiger partial charge in [-0.3, -0.25) is 4.90 Å². The van der Waals surface area contributed by atoms with E-state index in [0.29, 0.717) is 6.54 Å². The van der Waals surface area contributed by atoms with E-state index in [-0.39, 0.29) is 0 Å². The van der Waals surface area contributed by atoms with Gasteiger partial charge in [-0.25, -0.2) is 4.98 Å². The maximum Gasteiger partial charge on any atom is 0.106 e. The Bertz CT molecular complexity index is 311. The Kier molecular flexibility index (Phi) is 3.72. The molecule has 2 rings (SSSR count). The van der Waals surface area contributed by atoms with Crippen molar-refractivity contribution in [3.63, 3.8) is 0 Å². The van der Waals surface area contributed by atoms with Crippen molar-refractivity contribution in [2.75, 3.05) is 6.54 Å². The number of thiazole rings is 1. The third-order valence-corrected chi connectivity index (χ3v) is 4.03. The zero-order valence-corrected chi connectivity index (χ0v) is 10.1. The zero-order chi connectivity index (χ0) is 10.7. The maximum atomic E-state index is 5.56. The Morgan fingerprint density at radius 1 is 1.67 bits per heavy atom. The summed E-state index contributed by atoms with van der Waals surface area (Å²) in [5.74, 6) is 0. The summed E-state index contributed by atoms with van der Waals surface area (Å²) < 4.78 is 0. The predicted molar refractivity (Wildman–Crippen MR) is 63.7 cm³/mol. The third-order valence-electron chi connectivity index (χ3n) is 3.11. The van der Waals surface area contributed by atoms with E-state index in [4.69, 9.17) is 5.73 Å². The number of hydrogen-bond acceptors (Lipinski definition) is 4. The highest BCUT2D eigenvalue weighted by Gasteiger charge is 2.23. The smallest absolute Gasteiger partial charge is 0.106 e. The fraction of sp³-hybridized carbons (Fsp3) is 0.727. The summed E-state index contributed by atoms with van der Waals surface area (Å²) in [6.45, 7) is 5.08. The fourth-order valence-corrected chi connectivity index (χ4v) is 2.95. The number of nitrogens with two attached hydrogens (primary N) is 1. The SMILES string of the molecule is CCC1CCCN1Cc1csc(CN)n1. The molecular formula is C11H19N3S. The zero-order valence-electron chi connectivity index (χ0n) is 9.28. The maximum absolute atomic E-state index is 5.56. The average Bonchev–Trinajstić information content (AvgIpc) is 2.87. The van der Waals surface area contributed by atoms with Gasteiger partial charge in [0.1, 0.15) is 5.01 Å². The molecule has 4 heteroatoms. The number of aromatic nitrogens is 1. The van der Waals surface area contributed by atoms with E-state index in [1.807, 2.05) is 0 Å². The van der Waals surface area contributed by atoms with Crippen LogP contribution in [0.2, 0.25) is 0 Å². The summed E-state index contributed by atoms with van der Waals surface area (Å²) in [7, 11) is 0. The summed E-state index contributed by atoms with van der Waals surface area (Å²) in [5.41, 5.74) is 6.75. The Hall–Kier alpha value is -0.450. The van der Waals surface area contributed by atoms with Crippen LogP contribution < -0.4 is 5.73 Å². The minimum atomic E-state index is 0.571. The van der Waals surface area contributed by atoms with Crippen LogP contribution in [0.15, 0.2) is 5.38 Å². The predicted octanol–water partition coefficient (Wildman–Crippen LogP) is 1.98.